The minimum atomic E-state index is -3.51. The largest absolute Gasteiger partial charge is 0.455 e. The van der Waals surface area contributed by atoms with Crippen LogP contribution in [0.15, 0.2) is 76.3 Å². The molecule has 0 aliphatic rings. The quantitative estimate of drug-likeness (QED) is 0.733. The first kappa shape index (κ1) is 16.9. The molecular weight excluding hydrogens is 340 g/mol. The van der Waals surface area contributed by atoms with Crippen LogP contribution in [-0.2, 0) is 22.1 Å². The van der Waals surface area contributed by atoms with E-state index in [1.807, 2.05) is 6.07 Å². The summed E-state index contributed by atoms with van der Waals surface area (Å²) in [5.41, 5.74) is 0.856. The molecule has 1 amide bonds. The van der Waals surface area contributed by atoms with Gasteiger partial charge in [0.1, 0.15) is 11.5 Å². The fourth-order valence-electron chi connectivity index (χ4n) is 2.25. The third-order valence-corrected chi connectivity index (χ3v) is 5.15. The average Bonchev–Trinajstić information content (AvgIpc) is 3.09. The molecule has 2 aromatic heterocycles. The highest BCUT2D eigenvalue weighted by Gasteiger charge is 2.19. The number of carbonyl (C=O) groups excluding carboxylic acids is 1. The Bertz CT molecular complexity index is 951. The molecule has 0 fully saturated rings. The van der Waals surface area contributed by atoms with Crippen molar-refractivity contribution in [3.63, 3.8) is 0 Å². The normalized spacial score (nSPS) is 11.2. The lowest BCUT2D eigenvalue weighted by atomic mass is 10.3. The Balaban J connectivity index is 1.65. The van der Waals surface area contributed by atoms with Crippen molar-refractivity contribution in [3.05, 3.63) is 84.1 Å². The highest BCUT2D eigenvalue weighted by molar-refractivity contribution is 7.90. The monoisotopic (exact) mass is 356 g/mol. The maximum atomic E-state index is 12.3. The van der Waals surface area contributed by atoms with Crippen LogP contribution in [0.5, 0.6) is 0 Å². The fourth-order valence-corrected chi connectivity index (χ4v) is 3.52. The Hall–Kier alpha value is -2.93. The van der Waals surface area contributed by atoms with Crippen LogP contribution in [-0.4, -0.2) is 19.3 Å². The molecule has 0 unspecified atom stereocenters. The molecule has 0 bridgehead atoms. The van der Waals surface area contributed by atoms with Crippen LogP contribution in [0.3, 0.4) is 0 Å². The van der Waals surface area contributed by atoms with Crippen LogP contribution in [0.25, 0.3) is 0 Å². The zero-order chi connectivity index (χ0) is 17.7. The summed E-state index contributed by atoms with van der Waals surface area (Å²) in [6.07, 6.45) is 3.30. The van der Waals surface area contributed by atoms with Crippen LogP contribution in [0, 0.1) is 0 Å². The lowest BCUT2D eigenvalue weighted by molar-refractivity contribution is 0.0921. The van der Waals surface area contributed by atoms with Gasteiger partial charge in [-0.05, 0) is 35.9 Å². The van der Waals surface area contributed by atoms with Crippen molar-refractivity contribution in [2.24, 2.45) is 0 Å². The molecule has 6 nitrogen and oxygen atoms in total. The first-order valence-electron chi connectivity index (χ1n) is 7.58. The lowest BCUT2D eigenvalue weighted by Gasteiger charge is -2.03. The molecule has 0 spiro atoms. The molecule has 1 aromatic carbocycles. The molecule has 0 saturated carbocycles. The van der Waals surface area contributed by atoms with Gasteiger partial charge in [0.2, 0.25) is 0 Å². The van der Waals surface area contributed by atoms with E-state index in [4.69, 9.17) is 4.42 Å². The van der Waals surface area contributed by atoms with E-state index in [1.165, 1.54) is 24.3 Å². The Morgan fingerprint density at radius 2 is 1.84 bits per heavy atom. The Labute approximate surface area is 145 Å². The van der Waals surface area contributed by atoms with Crippen LogP contribution in [0.1, 0.15) is 21.9 Å². The molecule has 0 aliphatic carbocycles. The minimum Gasteiger partial charge on any atom is -0.455 e. The van der Waals surface area contributed by atoms with Gasteiger partial charge in [0.05, 0.1) is 4.90 Å². The number of carbonyl (C=O) groups is 1. The zero-order valence-corrected chi connectivity index (χ0v) is 14.1. The summed E-state index contributed by atoms with van der Waals surface area (Å²) < 4.78 is 30.0. The van der Waals surface area contributed by atoms with E-state index in [-0.39, 0.29) is 22.2 Å². The number of amides is 1. The summed E-state index contributed by atoms with van der Waals surface area (Å²) in [4.78, 5) is 16.3. The standard InChI is InChI=1S/C18H16N2O4S/c21-18(20-12-14-5-4-10-19-11-14)17-9-8-15(24-17)13-25(22,23)16-6-2-1-3-7-16/h1-11H,12-13H2,(H,20,21). The third-order valence-electron chi connectivity index (χ3n) is 3.50. The van der Waals surface area contributed by atoms with E-state index in [1.54, 1.807) is 36.7 Å². The second kappa shape index (κ2) is 7.31. The summed E-state index contributed by atoms with van der Waals surface area (Å²) in [6, 6.07) is 14.7. The van der Waals surface area contributed by atoms with E-state index in [9.17, 15) is 13.2 Å². The van der Waals surface area contributed by atoms with Crippen LogP contribution >= 0.6 is 0 Å². The lowest BCUT2D eigenvalue weighted by Crippen LogP contribution is -2.22. The van der Waals surface area contributed by atoms with Crippen LogP contribution in [0.2, 0.25) is 0 Å². The molecule has 0 aliphatic heterocycles. The summed E-state index contributed by atoms with van der Waals surface area (Å²) in [6.45, 7) is 0.311. The second-order valence-corrected chi connectivity index (χ2v) is 7.37. The van der Waals surface area contributed by atoms with Crippen molar-refractivity contribution in [2.45, 2.75) is 17.2 Å². The fraction of sp³-hybridized carbons (Fsp3) is 0.111. The number of hydrogen-bond acceptors (Lipinski definition) is 5. The van der Waals surface area contributed by atoms with Gasteiger partial charge in [0.25, 0.3) is 5.91 Å². The molecule has 0 saturated heterocycles. The predicted molar refractivity (Wildman–Crippen MR) is 91.4 cm³/mol. The summed E-state index contributed by atoms with van der Waals surface area (Å²) in [7, 11) is -3.51. The van der Waals surface area contributed by atoms with E-state index in [2.05, 4.69) is 10.3 Å². The molecule has 25 heavy (non-hydrogen) atoms. The Morgan fingerprint density at radius 1 is 1.04 bits per heavy atom. The van der Waals surface area contributed by atoms with Crippen molar-refractivity contribution in [3.8, 4) is 0 Å². The van der Waals surface area contributed by atoms with Crippen molar-refractivity contribution in [1.82, 2.24) is 10.3 Å². The number of sulfone groups is 1. The van der Waals surface area contributed by atoms with Crippen LogP contribution < -0.4 is 5.32 Å². The number of nitrogens with one attached hydrogen (secondary N) is 1. The molecule has 3 rings (SSSR count). The molecule has 128 valence electrons. The summed E-state index contributed by atoms with van der Waals surface area (Å²) in [5.74, 6) is -0.419. The van der Waals surface area contributed by atoms with Gasteiger partial charge in [-0.2, -0.15) is 0 Å². The Morgan fingerprint density at radius 3 is 2.56 bits per heavy atom. The molecule has 7 heteroatoms. The van der Waals surface area contributed by atoms with Gasteiger partial charge in [-0.25, -0.2) is 8.42 Å². The number of benzene rings is 1. The molecular formula is C18H16N2O4S. The molecule has 0 radical (unpaired) electrons. The van der Waals surface area contributed by atoms with Gasteiger partial charge in [-0.15, -0.1) is 0 Å². The average molecular weight is 356 g/mol. The molecule has 2 heterocycles. The third kappa shape index (κ3) is 4.33. The maximum absolute atomic E-state index is 12.3. The highest BCUT2D eigenvalue weighted by Crippen LogP contribution is 2.18. The zero-order valence-electron chi connectivity index (χ0n) is 13.3. The van der Waals surface area contributed by atoms with E-state index >= 15 is 0 Å². The van der Waals surface area contributed by atoms with E-state index in [0.717, 1.165) is 5.56 Å². The minimum absolute atomic E-state index is 0.0714. The Kier molecular flexibility index (Phi) is 4.95. The van der Waals surface area contributed by atoms with Crippen molar-refractivity contribution in [1.29, 1.82) is 0 Å². The summed E-state index contributed by atoms with van der Waals surface area (Å²) in [5, 5.41) is 2.70. The van der Waals surface area contributed by atoms with Gasteiger partial charge in [0.15, 0.2) is 15.6 Å². The van der Waals surface area contributed by atoms with Crippen molar-refractivity contribution in [2.75, 3.05) is 0 Å². The number of aromatic nitrogens is 1. The molecule has 3 aromatic rings. The highest BCUT2D eigenvalue weighted by atomic mass is 32.2. The number of rotatable bonds is 6. The molecule has 0 atom stereocenters. The van der Waals surface area contributed by atoms with E-state index < -0.39 is 15.7 Å². The van der Waals surface area contributed by atoms with Gasteiger partial charge < -0.3 is 9.73 Å². The topological polar surface area (TPSA) is 89.3 Å². The SMILES string of the molecule is O=C(NCc1cccnc1)c1ccc(CS(=O)(=O)c2ccccc2)o1. The van der Waals surface area contributed by atoms with Gasteiger partial charge in [-0.3, -0.25) is 9.78 Å². The summed E-state index contributed by atoms with van der Waals surface area (Å²) >= 11 is 0. The first-order chi connectivity index (χ1) is 12.0. The number of hydrogen-bond donors (Lipinski definition) is 1. The number of nitrogens with zero attached hydrogens (tertiary/aromatic N) is 1. The molecule has 1 N–H and O–H groups in total. The van der Waals surface area contributed by atoms with E-state index in [0.29, 0.717) is 6.54 Å². The van der Waals surface area contributed by atoms with Crippen LogP contribution in [0.4, 0.5) is 0 Å². The van der Waals surface area contributed by atoms with Gasteiger partial charge in [0, 0.05) is 18.9 Å². The van der Waals surface area contributed by atoms with Crippen molar-refractivity contribution < 1.29 is 17.6 Å². The predicted octanol–water partition coefficient (Wildman–Crippen LogP) is 2.58. The number of pyridine rings is 1. The van der Waals surface area contributed by atoms with Gasteiger partial charge in [-0.1, -0.05) is 24.3 Å². The first-order valence-corrected chi connectivity index (χ1v) is 9.23. The van der Waals surface area contributed by atoms with Crippen molar-refractivity contribution >= 4 is 15.7 Å². The number of furan rings is 1. The van der Waals surface area contributed by atoms with Gasteiger partial charge >= 0.3 is 0 Å². The second-order valence-electron chi connectivity index (χ2n) is 5.38. The maximum Gasteiger partial charge on any atom is 0.287 e. The smallest absolute Gasteiger partial charge is 0.287 e.